The van der Waals surface area contributed by atoms with E-state index in [9.17, 15) is 4.79 Å². The smallest absolute Gasteiger partial charge is 0.162 e. The van der Waals surface area contributed by atoms with Crippen molar-refractivity contribution in [3.05, 3.63) is 58.4 Å². The van der Waals surface area contributed by atoms with Crippen LogP contribution >= 0.6 is 0 Å². The van der Waals surface area contributed by atoms with Gasteiger partial charge in [-0.1, -0.05) is 36.8 Å². The summed E-state index contributed by atoms with van der Waals surface area (Å²) in [6.07, 6.45) is 5.32. The molecule has 1 spiro atoms. The van der Waals surface area contributed by atoms with E-state index in [1.165, 1.54) is 24.8 Å². The highest BCUT2D eigenvalue weighted by Crippen LogP contribution is 2.56. The number of aromatic nitrogens is 2. The molecule has 3 aliphatic rings. The topological polar surface area (TPSA) is 57.8 Å². The van der Waals surface area contributed by atoms with Gasteiger partial charge in [-0.25, -0.2) is 0 Å². The van der Waals surface area contributed by atoms with Crippen molar-refractivity contribution in [1.82, 2.24) is 10.2 Å². The molecule has 1 aromatic heterocycles. The molecule has 1 aliphatic heterocycles. The zero-order valence-electron chi connectivity index (χ0n) is 13.9. The van der Waals surface area contributed by atoms with E-state index >= 15 is 0 Å². The standard InChI is InChI=1S/C20H21N3O/c1-12-16-17(13-6-3-2-4-7-13)18-14(21-19(16)23-22-12)10-20(8-5-9-20)11-15(18)24/h2-4,6-7,17H,5,8-11H2,1H3,(H2,21,22,23). The zero-order valence-corrected chi connectivity index (χ0v) is 13.9. The highest BCUT2D eigenvalue weighted by Gasteiger charge is 2.48. The molecule has 24 heavy (non-hydrogen) atoms. The van der Waals surface area contributed by atoms with E-state index in [4.69, 9.17) is 0 Å². The van der Waals surface area contributed by atoms with Crippen LogP contribution in [0, 0.1) is 12.3 Å². The number of fused-ring (bicyclic) bond motifs is 1. The van der Waals surface area contributed by atoms with E-state index in [2.05, 4.69) is 27.6 Å². The van der Waals surface area contributed by atoms with Crippen LogP contribution in [0.5, 0.6) is 0 Å². The SMILES string of the molecule is Cc1[nH]nc2c1C(c1ccccc1)C1=C(CC3(CCC3)CC1=O)N2. The molecule has 4 heteroatoms. The minimum atomic E-state index is 0.00104. The molecule has 2 aromatic rings. The number of aryl methyl sites for hydroxylation is 1. The van der Waals surface area contributed by atoms with Gasteiger partial charge in [0.15, 0.2) is 11.6 Å². The molecule has 2 aliphatic carbocycles. The Morgan fingerprint density at radius 1 is 1.17 bits per heavy atom. The van der Waals surface area contributed by atoms with Gasteiger partial charge >= 0.3 is 0 Å². The van der Waals surface area contributed by atoms with Crippen LogP contribution in [0.25, 0.3) is 0 Å². The molecule has 1 aromatic carbocycles. The van der Waals surface area contributed by atoms with Crippen molar-refractivity contribution in [2.24, 2.45) is 5.41 Å². The Labute approximate surface area is 141 Å². The predicted molar refractivity (Wildman–Crippen MR) is 92.8 cm³/mol. The average molecular weight is 319 g/mol. The molecule has 0 bridgehead atoms. The van der Waals surface area contributed by atoms with Gasteiger partial charge in [0, 0.05) is 34.9 Å². The third-order valence-corrected chi connectivity index (χ3v) is 6.10. The molecule has 2 N–H and O–H groups in total. The first-order chi connectivity index (χ1) is 11.7. The molecule has 4 nitrogen and oxygen atoms in total. The van der Waals surface area contributed by atoms with Crippen LogP contribution in [0.1, 0.15) is 54.8 Å². The third-order valence-electron chi connectivity index (χ3n) is 6.10. The third kappa shape index (κ3) is 1.86. The summed E-state index contributed by atoms with van der Waals surface area (Å²) in [5.74, 6) is 1.22. The number of hydrogen-bond acceptors (Lipinski definition) is 3. The molecular formula is C20H21N3O. The van der Waals surface area contributed by atoms with Crippen LogP contribution in [-0.4, -0.2) is 16.0 Å². The Morgan fingerprint density at radius 3 is 2.67 bits per heavy atom. The lowest BCUT2D eigenvalue weighted by molar-refractivity contribution is -0.120. The van der Waals surface area contributed by atoms with Crippen LogP contribution in [0.3, 0.4) is 0 Å². The van der Waals surface area contributed by atoms with Crippen molar-refractivity contribution >= 4 is 11.6 Å². The van der Waals surface area contributed by atoms with E-state index in [0.717, 1.165) is 34.8 Å². The number of hydrogen-bond donors (Lipinski definition) is 2. The summed E-state index contributed by atoms with van der Waals surface area (Å²) in [5.41, 5.74) is 5.63. The molecule has 0 radical (unpaired) electrons. The van der Waals surface area contributed by atoms with Crippen molar-refractivity contribution in [2.45, 2.75) is 44.9 Å². The Bertz CT molecular complexity index is 858. The quantitative estimate of drug-likeness (QED) is 0.833. The summed E-state index contributed by atoms with van der Waals surface area (Å²) in [6, 6.07) is 10.4. The summed E-state index contributed by atoms with van der Waals surface area (Å²) in [7, 11) is 0. The van der Waals surface area contributed by atoms with Gasteiger partial charge in [0.1, 0.15) is 0 Å². The first-order valence-corrected chi connectivity index (χ1v) is 8.80. The number of aromatic amines is 1. The largest absolute Gasteiger partial charge is 0.342 e. The number of rotatable bonds is 1. The number of Topliss-reactive ketones (excluding diaryl/α,β-unsaturated/α-hetero) is 1. The van der Waals surface area contributed by atoms with Gasteiger partial charge in [0.05, 0.1) is 0 Å². The molecule has 5 rings (SSSR count). The van der Waals surface area contributed by atoms with E-state index < -0.39 is 0 Å². The molecule has 0 amide bonds. The second kappa shape index (κ2) is 4.82. The normalized spacial score (nSPS) is 24.2. The van der Waals surface area contributed by atoms with Gasteiger partial charge in [-0.3, -0.25) is 9.89 Å². The number of nitrogens with one attached hydrogen (secondary N) is 2. The Morgan fingerprint density at radius 2 is 1.96 bits per heavy atom. The second-order valence-electron chi connectivity index (χ2n) is 7.60. The maximum absolute atomic E-state index is 13.1. The Kier molecular flexibility index (Phi) is 2.82. The van der Waals surface area contributed by atoms with E-state index in [1.807, 2.05) is 25.1 Å². The summed E-state index contributed by atoms with van der Waals surface area (Å²) in [6.45, 7) is 2.04. The summed E-state index contributed by atoms with van der Waals surface area (Å²) in [4.78, 5) is 13.1. The predicted octanol–water partition coefficient (Wildman–Crippen LogP) is 4.06. The van der Waals surface area contributed by atoms with Crippen LogP contribution < -0.4 is 5.32 Å². The molecule has 1 fully saturated rings. The summed E-state index contributed by atoms with van der Waals surface area (Å²) >= 11 is 0. The van der Waals surface area contributed by atoms with Gasteiger partial charge in [0.25, 0.3) is 0 Å². The summed E-state index contributed by atoms with van der Waals surface area (Å²) < 4.78 is 0. The van der Waals surface area contributed by atoms with Gasteiger partial charge in [-0.05, 0) is 37.2 Å². The highest BCUT2D eigenvalue weighted by molar-refractivity contribution is 6.01. The molecule has 122 valence electrons. The minimum Gasteiger partial charge on any atom is -0.342 e. The molecule has 1 unspecified atom stereocenters. The number of carbonyl (C=O) groups excluding carboxylic acids is 1. The zero-order chi connectivity index (χ0) is 16.3. The number of nitrogens with zero attached hydrogens (tertiary/aromatic N) is 1. The Balaban J connectivity index is 1.70. The lowest BCUT2D eigenvalue weighted by Crippen LogP contribution is -2.40. The highest BCUT2D eigenvalue weighted by atomic mass is 16.1. The Hall–Kier alpha value is -2.36. The van der Waals surface area contributed by atoms with Gasteiger partial charge in [0.2, 0.25) is 0 Å². The first-order valence-electron chi connectivity index (χ1n) is 8.80. The van der Waals surface area contributed by atoms with Gasteiger partial charge in [-0.2, -0.15) is 5.10 Å². The first kappa shape index (κ1) is 14.0. The monoisotopic (exact) mass is 319 g/mol. The van der Waals surface area contributed by atoms with Crippen molar-refractivity contribution in [2.75, 3.05) is 5.32 Å². The van der Waals surface area contributed by atoms with Crippen LogP contribution in [0.15, 0.2) is 41.6 Å². The molecule has 1 saturated carbocycles. The fourth-order valence-electron chi connectivity index (χ4n) is 4.77. The van der Waals surface area contributed by atoms with E-state index in [-0.39, 0.29) is 11.3 Å². The fraction of sp³-hybridized carbons (Fsp3) is 0.400. The lowest BCUT2D eigenvalue weighted by atomic mass is 9.58. The fourth-order valence-corrected chi connectivity index (χ4v) is 4.77. The van der Waals surface area contributed by atoms with Crippen molar-refractivity contribution in [3.63, 3.8) is 0 Å². The number of benzene rings is 1. The van der Waals surface area contributed by atoms with E-state index in [0.29, 0.717) is 12.2 Å². The van der Waals surface area contributed by atoms with Gasteiger partial charge < -0.3 is 5.32 Å². The molecule has 1 atom stereocenters. The van der Waals surface area contributed by atoms with Crippen LogP contribution in [0.4, 0.5) is 5.82 Å². The average Bonchev–Trinajstić information content (AvgIpc) is 2.93. The number of ketones is 1. The van der Waals surface area contributed by atoms with E-state index in [1.54, 1.807) is 0 Å². The maximum Gasteiger partial charge on any atom is 0.162 e. The molecule has 0 saturated heterocycles. The minimum absolute atomic E-state index is 0.00104. The van der Waals surface area contributed by atoms with Crippen molar-refractivity contribution < 1.29 is 4.79 Å². The number of carbonyl (C=O) groups is 1. The lowest BCUT2D eigenvalue weighted by Gasteiger charge is -2.47. The number of allylic oxidation sites excluding steroid dienone is 2. The van der Waals surface area contributed by atoms with Crippen LogP contribution in [-0.2, 0) is 4.79 Å². The summed E-state index contributed by atoms with van der Waals surface area (Å²) in [5, 5.41) is 11.0. The number of anilines is 1. The van der Waals surface area contributed by atoms with Crippen LogP contribution in [0.2, 0.25) is 0 Å². The molecular weight excluding hydrogens is 298 g/mol. The van der Waals surface area contributed by atoms with Crippen molar-refractivity contribution in [3.8, 4) is 0 Å². The van der Waals surface area contributed by atoms with Gasteiger partial charge in [-0.15, -0.1) is 0 Å². The number of H-pyrrole nitrogens is 1. The second-order valence-corrected chi connectivity index (χ2v) is 7.60. The molecule has 2 heterocycles. The van der Waals surface area contributed by atoms with Crippen molar-refractivity contribution in [1.29, 1.82) is 0 Å². The maximum atomic E-state index is 13.1.